The van der Waals surface area contributed by atoms with Crippen LogP contribution < -0.4 is 0 Å². The lowest BCUT2D eigenvalue weighted by Gasteiger charge is -2.05. The average Bonchev–Trinajstić information content (AvgIpc) is 2.64. The van der Waals surface area contributed by atoms with E-state index in [1.165, 1.54) is 0 Å². The van der Waals surface area contributed by atoms with Crippen molar-refractivity contribution >= 4 is 11.6 Å². The van der Waals surface area contributed by atoms with Gasteiger partial charge in [-0.25, -0.2) is 9.97 Å². The molecule has 0 saturated carbocycles. The molecule has 0 atom stereocenters. The van der Waals surface area contributed by atoms with Gasteiger partial charge in [0.05, 0.1) is 0 Å². The number of furan rings is 1. The van der Waals surface area contributed by atoms with Crippen LogP contribution in [0.15, 0.2) is 22.6 Å². The number of aromatic nitrogens is 2. The van der Waals surface area contributed by atoms with Gasteiger partial charge in [-0.05, 0) is 31.0 Å². The van der Waals surface area contributed by atoms with Gasteiger partial charge in [0, 0.05) is 5.69 Å². The minimum Gasteiger partial charge on any atom is -0.458 e. The van der Waals surface area contributed by atoms with E-state index in [4.69, 9.17) is 16.0 Å². The summed E-state index contributed by atoms with van der Waals surface area (Å²) < 4.78 is 5.48. The van der Waals surface area contributed by atoms with Crippen LogP contribution in [0.25, 0.3) is 11.6 Å². The van der Waals surface area contributed by atoms with Gasteiger partial charge in [0.1, 0.15) is 10.9 Å². The molecule has 0 radical (unpaired) electrons. The smallest absolute Gasteiger partial charge is 0.197 e. The quantitative estimate of drug-likeness (QED) is 0.744. The monoisotopic (exact) mass is 236 g/mol. The third-order valence-corrected chi connectivity index (χ3v) is 2.46. The molecule has 0 aliphatic carbocycles. The number of nitrogens with zero attached hydrogens (tertiary/aromatic N) is 2. The summed E-state index contributed by atoms with van der Waals surface area (Å²) in [5, 5.41) is 0.447. The first-order valence-corrected chi connectivity index (χ1v) is 5.55. The number of halogens is 1. The van der Waals surface area contributed by atoms with Gasteiger partial charge in [-0.15, -0.1) is 0 Å². The summed E-state index contributed by atoms with van der Waals surface area (Å²) >= 11 is 5.96. The molecule has 2 aromatic rings. The number of rotatable bonds is 2. The van der Waals surface area contributed by atoms with Crippen molar-refractivity contribution < 1.29 is 4.42 Å². The minimum atomic E-state index is 0.315. The minimum absolute atomic E-state index is 0.315. The largest absolute Gasteiger partial charge is 0.458 e. The summed E-state index contributed by atoms with van der Waals surface area (Å²) in [5.74, 6) is 2.35. The number of aryl methyl sites for hydroxylation is 1. The van der Waals surface area contributed by atoms with Crippen molar-refractivity contribution in [2.45, 2.75) is 26.7 Å². The van der Waals surface area contributed by atoms with Gasteiger partial charge >= 0.3 is 0 Å². The Labute approximate surface area is 99.5 Å². The first-order valence-electron chi connectivity index (χ1n) is 5.17. The van der Waals surface area contributed by atoms with Crippen molar-refractivity contribution in [3.63, 3.8) is 0 Å². The highest BCUT2D eigenvalue weighted by atomic mass is 35.5. The molecule has 2 rings (SSSR count). The maximum absolute atomic E-state index is 5.96. The molecular weight excluding hydrogens is 224 g/mol. The van der Waals surface area contributed by atoms with Crippen LogP contribution in [0.5, 0.6) is 0 Å². The zero-order chi connectivity index (χ0) is 11.7. The fourth-order valence-corrected chi connectivity index (χ4v) is 1.59. The van der Waals surface area contributed by atoms with Crippen LogP contribution in [-0.2, 0) is 0 Å². The van der Waals surface area contributed by atoms with E-state index < -0.39 is 0 Å². The van der Waals surface area contributed by atoms with Crippen molar-refractivity contribution in [3.8, 4) is 11.6 Å². The van der Waals surface area contributed by atoms with Crippen molar-refractivity contribution in [2.24, 2.45) is 0 Å². The van der Waals surface area contributed by atoms with E-state index >= 15 is 0 Å². The molecule has 0 amide bonds. The topological polar surface area (TPSA) is 38.9 Å². The molecule has 0 saturated heterocycles. The molecule has 0 bridgehead atoms. The van der Waals surface area contributed by atoms with Crippen LogP contribution >= 0.6 is 11.6 Å². The molecule has 2 heterocycles. The van der Waals surface area contributed by atoms with E-state index in [0.717, 1.165) is 11.5 Å². The Morgan fingerprint density at radius 3 is 2.56 bits per heavy atom. The first kappa shape index (κ1) is 11.1. The van der Waals surface area contributed by atoms with Gasteiger partial charge in [0.15, 0.2) is 11.6 Å². The zero-order valence-electron chi connectivity index (χ0n) is 9.49. The van der Waals surface area contributed by atoms with E-state index in [0.29, 0.717) is 22.7 Å². The third-order valence-electron chi connectivity index (χ3n) is 2.27. The predicted octanol–water partition coefficient (Wildman–Crippen LogP) is 3.82. The molecule has 0 unspecified atom stereocenters. The van der Waals surface area contributed by atoms with Crippen molar-refractivity contribution in [3.05, 3.63) is 34.8 Å². The lowest BCUT2D eigenvalue weighted by molar-refractivity contribution is 0.543. The SMILES string of the molecule is Cc1ccc(-c2nc(Cl)cc(C(C)C)n2)o1. The molecule has 0 spiro atoms. The van der Waals surface area contributed by atoms with E-state index in [1.807, 2.05) is 19.1 Å². The van der Waals surface area contributed by atoms with Gasteiger partial charge in [0.25, 0.3) is 0 Å². The zero-order valence-corrected chi connectivity index (χ0v) is 10.2. The summed E-state index contributed by atoms with van der Waals surface area (Å²) in [7, 11) is 0. The Balaban J connectivity index is 2.49. The normalized spacial score (nSPS) is 11.1. The van der Waals surface area contributed by atoms with Gasteiger partial charge in [-0.1, -0.05) is 25.4 Å². The predicted molar refractivity (Wildman–Crippen MR) is 63.6 cm³/mol. The summed E-state index contributed by atoms with van der Waals surface area (Å²) in [6.07, 6.45) is 0. The molecule has 0 fully saturated rings. The fourth-order valence-electron chi connectivity index (χ4n) is 1.40. The van der Waals surface area contributed by atoms with Crippen LogP contribution in [0.2, 0.25) is 5.15 Å². The number of hydrogen-bond acceptors (Lipinski definition) is 3. The van der Waals surface area contributed by atoms with Crippen molar-refractivity contribution in [2.75, 3.05) is 0 Å². The molecule has 2 aromatic heterocycles. The van der Waals surface area contributed by atoms with Crippen LogP contribution in [-0.4, -0.2) is 9.97 Å². The second-order valence-corrected chi connectivity index (χ2v) is 4.39. The molecule has 0 aliphatic heterocycles. The molecule has 0 N–H and O–H groups in total. The summed E-state index contributed by atoms with van der Waals surface area (Å²) in [4.78, 5) is 8.59. The van der Waals surface area contributed by atoms with E-state index in [9.17, 15) is 0 Å². The Kier molecular flexibility index (Phi) is 2.97. The fraction of sp³-hybridized carbons (Fsp3) is 0.333. The van der Waals surface area contributed by atoms with Crippen LogP contribution in [0, 0.1) is 6.92 Å². The van der Waals surface area contributed by atoms with Gasteiger partial charge in [-0.3, -0.25) is 0 Å². The Hall–Kier alpha value is -1.35. The second-order valence-electron chi connectivity index (χ2n) is 4.00. The summed E-state index contributed by atoms with van der Waals surface area (Å²) in [6.45, 7) is 6.02. The van der Waals surface area contributed by atoms with E-state index in [1.54, 1.807) is 6.07 Å². The maximum Gasteiger partial charge on any atom is 0.197 e. The molecule has 0 aromatic carbocycles. The first-order chi connectivity index (χ1) is 7.56. The lowest BCUT2D eigenvalue weighted by Crippen LogP contribution is -1.97. The lowest BCUT2D eigenvalue weighted by atomic mass is 10.1. The Bertz CT molecular complexity index is 505. The Morgan fingerprint density at radius 2 is 2.00 bits per heavy atom. The van der Waals surface area contributed by atoms with Gasteiger partial charge < -0.3 is 4.42 Å². The van der Waals surface area contributed by atoms with Crippen LogP contribution in [0.4, 0.5) is 0 Å². The molecule has 0 aliphatic rings. The van der Waals surface area contributed by atoms with Crippen molar-refractivity contribution in [1.29, 1.82) is 0 Å². The average molecular weight is 237 g/mol. The Morgan fingerprint density at radius 1 is 1.25 bits per heavy atom. The standard InChI is InChI=1S/C12H13ClN2O/c1-7(2)9-6-11(13)15-12(14-9)10-5-4-8(3)16-10/h4-7H,1-3H3. The van der Waals surface area contributed by atoms with Crippen molar-refractivity contribution in [1.82, 2.24) is 9.97 Å². The highest BCUT2D eigenvalue weighted by molar-refractivity contribution is 6.29. The van der Waals surface area contributed by atoms with Gasteiger partial charge in [0.2, 0.25) is 0 Å². The highest BCUT2D eigenvalue weighted by Crippen LogP contribution is 2.23. The van der Waals surface area contributed by atoms with E-state index in [2.05, 4.69) is 23.8 Å². The number of hydrogen-bond donors (Lipinski definition) is 0. The van der Waals surface area contributed by atoms with Gasteiger partial charge in [-0.2, -0.15) is 0 Å². The summed E-state index contributed by atoms with van der Waals surface area (Å²) in [6, 6.07) is 5.52. The molecule has 3 nitrogen and oxygen atoms in total. The molecular formula is C12H13ClN2O. The van der Waals surface area contributed by atoms with Crippen LogP contribution in [0.1, 0.15) is 31.2 Å². The molecule has 16 heavy (non-hydrogen) atoms. The second kappa shape index (κ2) is 4.26. The third kappa shape index (κ3) is 2.25. The van der Waals surface area contributed by atoms with E-state index in [-0.39, 0.29) is 0 Å². The molecule has 84 valence electrons. The maximum atomic E-state index is 5.96. The summed E-state index contributed by atoms with van der Waals surface area (Å²) in [5.41, 5.74) is 0.920. The molecule has 4 heteroatoms. The highest BCUT2D eigenvalue weighted by Gasteiger charge is 2.10. The van der Waals surface area contributed by atoms with Crippen LogP contribution in [0.3, 0.4) is 0 Å².